The molecule has 1 N–H and O–H groups in total. The lowest BCUT2D eigenvalue weighted by atomic mass is 10.2. The Bertz CT molecular complexity index is 78.6. The monoisotopic (exact) mass is 115 g/mol. The highest BCUT2D eigenvalue weighted by atomic mass is 16.2. The van der Waals surface area contributed by atoms with E-state index in [9.17, 15) is 0 Å². The van der Waals surface area contributed by atoms with E-state index in [-0.39, 0.29) is 6.61 Å². The molecule has 0 unspecified atom stereocenters. The Morgan fingerprint density at radius 1 is 1.62 bits per heavy atom. The molecule has 0 saturated heterocycles. The van der Waals surface area contributed by atoms with Gasteiger partial charge in [-0.25, -0.2) is 0 Å². The predicted molar refractivity (Wildman–Crippen MR) is 35.4 cm³/mol. The van der Waals surface area contributed by atoms with Crippen LogP contribution >= 0.6 is 0 Å². The van der Waals surface area contributed by atoms with Crippen LogP contribution in [0.25, 0.3) is 0 Å². The fraction of sp³-hybridized carbons (Fsp3) is 0.833. The van der Waals surface area contributed by atoms with Gasteiger partial charge in [0.25, 0.3) is 0 Å². The summed E-state index contributed by atoms with van der Waals surface area (Å²) in [7, 11) is 1.77. The van der Waals surface area contributed by atoms with Gasteiger partial charge in [-0.05, 0) is 19.8 Å². The Labute approximate surface area is 50.3 Å². The first-order valence-corrected chi connectivity index (χ1v) is 2.84. The van der Waals surface area contributed by atoms with Crippen LogP contribution in [-0.4, -0.2) is 24.5 Å². The second kappa shape index (κ2) is 4.78. The van der Waals surface area contributed by atoms with Crippen LogP contribution in [0.1, 0.15) is 19.8 Å². The third-order valence-electron chi connectivity index (χ3n) is 1.08. The molecule has 0 aliphatic heterocycles. The van der Waals surface area contributed by atoms with E-state index >= 15 is 0 Å². The van der Waals surface area contributed by atoms with Gasteiger partial charge in [-0.15, -0.1) is 0 Å². The SMILES string of the molecule is CN=C(C)CCCO. The van der Waals surface area contributed by atoms with Gasteiger partial charge in [0.15, 0.2) is 0 Å². The minimum Gasteiger partial charge on any atom is -0.396 e. The maximum atomic E-state index is 8.36. The molecular weight excluding hydrogens is 102 g/mol. The fourth-order valence-electron chi connectivity index (χ4n) is 0.447. The minimum absolute atomic E-state index is 0.271. The summed E-state index contributed by atoms with van der Waals surface area (Å²) >= 11 is 0. The van der Waals surface area contributed by atoms with Gasteiger partial charge in [0, 0.05) is 19.4 Å². The third kappa shape index (κ3) is 3.81. The van der Waals surface area contributed by atoms with Crippen LogP contribution in [-0.2, 0) is 0 Å². The van der Waals surface area contributed by atoms with E-state index in [1.807, 2.05) is 6.92 Å². The molecule has 0 amide bonds. The molecule has 0 spiro atoms. The number of nitrogens with zero attached hydrogens (tertiary/aromatic N) is 1. The zero-order chi connectivity index (χ0) is 6.41. The van der Waals surface area contributed by atoms with Crippen LogP contribution in [0.15, 0.2) is 4.99 Å². The molecule has 0 aliphatic rings. The van der Waals surface area contributed by atoms with E-state index in [1.165, 1.54) is 0 Å². The van der Waals surface area contributed by atoms with Crippen LogP contribution in [0.4, 0.5) is 0 Å². The number of aliphatic imine (C=N–C) groups is 1. The van der Waals surface area contributed by atoms with Crippen molar-refractivity contribution in [2.24, 2.45) is 4.99 Å². The van der Waals surface area contributed by atoms with Crippen molar-refractivity contribution in [2.75, 3.05) is 13.7 Å². The zero-order valence-electron chi connectivity index (χ0n) is 5.52. The molecule has 0 aliphatic carbocycles. The van der Waals surface area contributed by atoms with E-state index in [2.05, 4.69) is 4.99 Å². The van der Waals surface area contributed by atoms with E-state index in [1.54, 1.807) is 7.05 Å². The van der Waals surface area contributed by atoms with Crippen molar-refractivity contribution < 1.29 is 5.11 Å². The fourth-order valence-corrected chi connectivity index (χ4v) is 0.447. The number of aliphatic hydroxyl groups excluding tert-OH is 1. The lowest BCUT2D eigenvalue weighted by Gasteiger charge is -1.93. The van der Waals surface area contributed by atoms with Crippen LogP contribution in [0.3, 0.4) is 0 Å². The van der Waals surface area contributed by atoms with Gasteiger partial charge in [0.05, 0.1) is 0 Å². The molecule has 0 heterocycles. The van der Waals surface area contributed by atoms with Crippen molar-refractivity contribution in [1.29, 1.82) is 0 Å². The normalized spacial score (nSPS) is 12.1. The summed E-state index contributed by atoms with van der Waals surface area (Å²) in [5, 5.41) is 8.36. The summed E-state index contributed by atoms with van der Waals surface area (Å²) in [6, 6.07) is 0. The zero-order valence-corrected chi connectivity index (χ0v) is 5.52. The number of rotatable bonds is 3. The van der Waals surface area contributed by atoms with Crippen LogP contribution in [0, 0.1) is 0 Å². The van der Waals surface area contributed by atoms with Crippen LogP contribution < -0.4 is 0 Å². The average Bonchev–Trinajstić information content (AvgIpc) is 1.83. The molecule has 0 fully saturated rings. The largest absolute Gasteiger partial charge is 0.396 e. The maximum Gasteiger partial charge on any atom is 0.0434 e. The molecule has 0 rings (SSSR count). The first-order valence-electron chi connectivity index (χ1n) is 2.84. The highest BCUT2D eigenvalue weighted by molar-refractivity contribution is 5.81. The third-order valence-corrected chi connectivity index (χ3v) is 1.08. The predicted octanol–water partition coefficient (Wildman–Crippen LogP) is 0.850. The van der Waals surface area contributed by atoms with Gasteiger partial charge in [-0.1, -0.05) is 0 Å². The van der Waals surface area contributed by atoms with Crippen LogP contribution in [0.2, 0.25) is 0 Å². The molecule has 48 valence electrons. The van der Waals surface area contributed by atoms with Gasteiger partial charge in [0.1, 0.15) is 0 Å². The summed E-state index contributed by atoms with van der Waals surface area (Å²) < 4.78 is 0. The molecule has 0 atom stereocenters. The van der Waals surface area contributed by atoms with Crippen molar-refractivity contribution in [3.63, 3.8) is 0 Å². The quantitative estimate of drug-likeness (QED) is 0.543. The summed E-state index contributed by atoms with van der Waals surface area (Å²) in [6.45, 7) is 2.24. The summed E-state index contributed by atoms with van der Waals surface area (Å²) in [6.07, 6.45) is 1.76. The van der Waals surface area contributed by atoms with Gasteiger partial charge in [-0.3, -0.25) is 4.99 Å². The minimum atomic E-state index is 0.271. The van der Waals surface area contributed by atoms with E-state index in [0.29, 0.717) is 0 Å². The number of hydrogen-bond acceptors (Lipinski definition) is 2. The molecule has 0 aromatic heterocycles. The second-order valence-corrected chi connectivity index (χ2v) is 1.79. The lowest BCUT2D eigenvalue weighted by Crippen LogP contribution is -1.92. The smallest absolute Gasteiger partial charge is 0.0434 e. The van der Waals surface area contributed by atoms with E-state index in [0.717, 1.165) is 18.6 Å². The molecule has 0 saturated carbocycles. The molecule has 0 aromatic carbocycles. The second-order valence-electron chi connectivity index (χ2n) is 1.79. The average molecular weight is 115 g/mol. The Morgan fingerprint density at radius 3 is 2.62 bits per heavy atom. The van der Waals surface area contributed by atoms with E-state index in [4.69, 9.17) is 5.11 Å². The van der Waals surface area contributed by atoms with Gasteiger partial charge >= 0.3 is 0 Å². The highest BCUT2D eigenvalue weighted by Gasteiger charge is 1.86. The number of aliphatic hydroxyl groups is 1. The highest BCUT2D eigenvalue weighted by Crippen LogP contribution is 1.89. The molecule has 8 heavy (non-hydrogen) atoms. The number of hydrogen-bond donors (Lipinski definition) is 1. The Kier molecular flexibility index (Phi) is 4.56. The van der Waals surface area contributed by atoms with E-state index < -0.39 is 0 Å². The summed E-state index contributed by atoms with van der Waals surface area (Å²) in [5.41, 5.74) is 1.11. The topological polar surface area (TPSA) is 32.6 Å². The molecule has 2 nitrogen and oxygen atoms in total. The standard InChI is InChI=1S/C6H13NO/c1-6(7-2)4-3-5-8/h8H,3-5H2,1-2H3. The van der Waals surface area contributed by atoms with Crippen molar-refractivity contribution >= 4 is 5.71 Å². The lowest BCUT2D eigenvalue weighted by molar-refractivity contribution is 0.291. The Morgan fingerprint density at radius 2 is 2.25 bits per heavy atom. The molecule has 0 aromatic rings. The molecule has 2 heteroatoms. The molecule has 0 bridgehead atoms. The first kappa shape index (κ1) is 7.63. The van der Waals surface area contributed by atoms with Crippen molar-refractivity contribution in [3.05, 3.63) is 0 Å². The van der Waals surface area contributed by atoms with Gasteiger partial charge in [-0.2, -0.15) is 0 Å². The van der Waals surface area contributed by atoms with Gasteiger partial charge in [0.2, 0.25) is 0 Å². The summed E-state index contributed by atoms with van der Waals surface area (Å²) in [5.74, 6) is 0. The van der Waals surface area contributed by atoms with Crippen molar-refractivity contribution in [1.82, 2.24) is 0 Å². The Hall–Kier alpha value is -0.370. The van der Waals surface area contributed by atoms with Crippen molar-refractivity contribution in [3.8, 4) is 0 Å². The van der Waals surface area contributed by atoms with Gasteiger partial charge < -0.3 is 5.11 Å². The Balaban J connectivity index is 3.12. The molecule has 0 radical (unpaired) electrons. The first-order chi connectivity index (χ1) is 3.81. The van der Waals surface area contributed by atoms with Crippen LogP contribution in [0.5, 0.6) is 0 Å². The maximum absolute atomic E-state index is 8.36. The molecular formula is C6H13NO. The summed E-state index contributed by atoms with van der Waals surface area (Å²) in [4.78, 5) is 3.93. The van der Waals surface area contributed by atoms with Crippen molar-refractivity contribution in [2.45, 2.75) is 19.8 Å².